The number of nitro benzene ring substituents is 1. The number of nitro groups is 1. The monoisotopic (exact) mass is 302 g/mol. The van der Waals surface area contributed by atoms with Crippen LogP contribution in [0.3, 0.4) is 0 Å². The van der Waals surface area contributed by atoms with E-state index in [0.717, 1.165) is 12.1 Å². The summed E-state index contributed by atoms with van der Waals surface area (Å²) in [6.45, 7) is 5.53. The van der Waals surface area contributed by atoms with Gasteiger partial charge in [-0.15, -0.1) is 0 Å². The quantitative estimate of drug-likeness (QED) is 0.650. The third kappa shape index (κ3) is 3.37. The van der Waals surface area contributed by atoms with Gasteiger partial charge in [-0.05, 0) is 31.7 Å². The number of aromatic nitrogens is 2. The van der Waals surface area contributed by atoms with Crippen LogP contribution in [0.2, 0.25) is 0 Å². The van der Waals surface area contributed by atoms with Crippen molar-refractivity contribution in [3.8, 4) is 11.3 Å². The van der Waals surface area contributed by atoms with Gasteiger partial charge < -0.3 is 5.32 Å². The smallest absolute Gasteiger partial charge is 0.271 e. The third-order valence-electron chi connectivity index (χ3n) is 3.29. The first-order valence-corrected chi connectivity index (χ1v) is 7.13. The largest absolute Gasteiger partial charge is 0.313 e. The number of hydrogen-bond acceptors (Lipinski definition) is 5. The number of rotatable bonds is 6. The molecule has 0 aliphatic heterocycles. The minimum Gasteiger partial charge on any atom is -0.313 e. The van der Waals surface area contributed by atoms with E-state index in [9.17, 15) is 14.9 Å². The highest BCUT2D eigenvalue weighted by molar-refractivity contribution is 5.61. The van der Waals surface area contributed by atoms with E-state index in [4.69, 9.17) is 0 Å². The molecule has 1 aromatic carbocycles. The first-order chi connectivity index (χ1) is 10.6. The van der Waals surface area contributed by atoms with Gasteiger partial charge in [-0.1, -0.05) is 6.92 Å². The van der Waals surface area contributed by atoms with Gasteiger partial charge in [0, 0.05) is 36.3 Å². The van der Waals surface area contributed by atoms with Crippen molar-refractivity contribution >= 4 is 5.69 Å². The molecule has 7 nitrogen and oxygen atoms in total. The van der Waals surface area contributed by atoms with Gasteiger partial charge in [-0.2, -0.15) is 5.10 Å². The number of benzene rings is 1. The zero-order valence-corrected chi connectivity index (χ0v) is 12.6. The van der Waals surface area contributed by atoms with Crippen LogP contribution in [0.25, 0.3) is 11.3 Å². The first kappa shape index (κ1) is 15.8. The molecule has 0 unspecified atom stereocenters. The van der Waals surface area contributed by atoms with Crippen LogP contribution >= 0.6 is 0 Å². The van der Waals surface area contributed by atoms with Gasteiger partial charge in [0.1, 0.15) is 0 Å². The lowest BCUT2D eigenvalue weighted by molar-refractivity contribution is -0.384. The number of non-ortho nitro benzene ring substituents is 1. The van der Waals surface area contributed by atoms with E-state index < -0.39 is 4.92 Å². The zero-order valence-electron chi connectivity index (χ0n) is 12.6. The van der Waals surface area contributed by atoms with Crippen LogP contribution in [-0.2, 0) is 13.1 Å². The summed E-state index contributed by atoms with van der Waals surface area (Å²) >= 11 is 0. The predicted octanol–water partition coefficient (Wildman–Crippen LogP) is 1.95. The fourth-order valence-electron chi connectivity index (χ4n) is 2.09. The third-order valence-corrected chi connectivity index (χ3v) is 3.29. The van der Waals surface area contributed by atoms with E-state index in [0.29, 0.717) is 24.3 Å². The summed E-state index contributed by atoms with van der Waals surface area (Å²) in [5, 5.41) is 18.1. The normalized spacial score (nSPS) is 10.6. The average molecular weight is 302 g/mol. The minimum atomic E-state index is -0.444. The second-order valence-corrected chi connectivity index (χ2v) is 4.76. The summed E-state index contributed by atoms with van der Waals surface area (Å²) in [5.41, 5.74) is 1.91. The summed E-state index contributed by atoms with van der Waals surface area (Å²) in [7, 11) is 0. The summed E-state index contributed by atoms with van der Waals surface area (Å²) in [6.07, 6.45) is 0. The van der Waals surface area contributed by atoms with E-state index >= 15 is 0 Å². The van der Waals surface area contributed by atoms with Crippen LogP contribution in [0.4, 0.5) is 5.69 Å². The fourth-order valence-corrected chi connectivity index (χ4v) is 2.09. The highest BCUT2D eigenvalue weighted by Gasteiger charge is 2.10. The van der Waals surface area contributed by atoms with Gasteiger partial charge in [0.05, 0.1) is 10.6 Å². The number of aryl methyl sites for hydroxylation is 1. The Balaban J connectivity index is 2.45. The van der Waals surface area contributed by atoms with Crippen LogP contribution in [0.15, 0.2) is 35.1 Å². The van der Waals surface area contributed by atoms with Crippen LogP contribution in [0.1, 0.15) is 19.4 Å². The van der Waals surface area contributed by atoms with Crippen molar-refractivity contribution in [2.45, 2.75) is 26.9 Å². The Hall–Kier alpha value is -2.54. The van der Waals surface area contributed by atoms with Gasteiger partial charge in [0.25, 0.3) is 11.2 Å². The van der Waals surface area contributed by atoms with Gasteiger partial charge in [0.2, 0.25) is 0 Å². The Morgan fingerprint density at radius 3 is 2.50 bits per heavy atom. The molecule has 7 heteroatoms. The molecule has 0 aliphatic rings. The Morgan fingerprint density at radius 1 is 1.27 bits per heavy atom. The van der Waals surface area contributed by atoms with Gasteiger partial charge in [-0.3, -0.25) is 14.9 Å². The molecule has 0 bridgehead atoms. The lowest BCUT2D eigenvalue weighted by atomic mass is 10.1. The molecule has 22 heavy (non-hydrogen) atoms. The molecule has 2 rings (SSSR count). The van der Waals surface area contributed by atoms with E-state index in [2.05, 4.69) is 10.4 Å². The van der Waals surface area contributed by atoms with Crippen LogP contribution in [0, 0.1) is 10.1 Å². The molecular formula is C15H18N4O3. The van der Waals surface area contributed by atoms with E-state index in [1.54, 1.807) is 18.2 Å². The Kier molecular flexibility index (Phi) is 5.00. The second kappa shape index (κ2) is 6.95. The molecule has 1 aromatic heterocycles. The SMILES string of the molecule is CCNCc1cc(-c2ccc([N+](=O)[O-])cc2)nn(CC)c1=O. The zero-order chi connectivity index (χ0) is 16.1. The summed E-state index contributed by atoms with van der Waals surface area (Å²) in [4.78, 5) is 22.5. The van der Waals surface area contributed by atoms with Crippen molar-refractivity contribution in [3.05, 3.63) is 56.4 Å². The molecule has 0 aliphatic carbocycles. The number of hydrogen-bond donors (Lipinski definition) is 1. The molecule has 0 spiro atoms. The molecule has 0 atom stereocenters. The van der Waals surface area contributed by atoms with Gasteiger partial charge in [-0.25, -0.2) is 4.68 Å². The topological polar surface area (TPSA) is 90.1 Å². The van der Waals surface area contributed by atoms with Gasteiger partial charge >= 0.3 is 0 Å². The molecule has 0 amide bonds. The minimum absolute atomic E-state index is 0.0282. The molecular weight excluding hydrogens is 284 g/mol. The van der Waals surface area contributed by atoms with E-state index in [1.807, 2.05) is 13.8 Å². The lowest BCUT2D eigenvalue weighted by Crippen LogP contribution is -2.29. The summed E-state index contributed by atoms with van der Waals surface area (Å²) < 4.78 is 1.41. The molecule has 0 saturated heterocycles. The lowest BCUT2D eigenvalue weighted by Gasteiger charge is -2.09. The van der Waals surface area contributed by atoms with Crippen LogP contribution in [0.5, 0.6) is 0 Å². The molecule has 0 fully saturated rings. The molecule has 0 saturated carbocycles. The van der Waals surface area contributed by atoms with E-state index in [-0.39, 0.29) is 11.2 Å². The Labute approximate surface area is 127 Å². The maximum Gasteiger partial charge on any atom is 0.271 e. The molecule has 0 radical (unpaired) electrons. The maximum absolute atomic E-state index is 12.2. The van der Waals surface area contributed by atoms with E-state index in [1.165, 1.54) is 16.8 Å². The van der Waals surface area contributed by atoms with Crippen LogP contribution < -0.4 is 10.9 Å². The Morgan fingerprint density at radius 2 is 1.95 bits per heavy atom. The van der Waals surface area contributed by atoms with Crippen molar-refractivity contribution in [1.29, 1.82) is 0 Å². The standard InChI is InChI=1S/C15H18N4O3/c1-3-16-10-12-9-14(17-18(4-2)15(12)20)11-5-7-13(8-6-11)19(21)22/h5-9,16H,3-4,10H2,1-2H3. The van der Waals surface area contributed by atoms with Gasteiger partial charge in [0.15, 0.2) is 0 Å². The maximum atomic E-state index is 12.2. The van der Waals surface area contributed by atoms with Crippen molar-refractivity contribution in [2.24, 2.45) is 0 Å². The number of nitrogens with zero attached hydrogens (tertiary/aromatic N) is 3. The van der Waals surface area contributed by atoms with Crippen molar-refractivity contribution < 1.29 is 4.92 Å². The summed E-state index contributed by atoms with van der Waals surface area (Å²) in [6, 6.07) is 7.88. The predicted molar refractivity (Wildman–Crippen MR) is 83.6 cm³/mol. The highest BCUT2D eigenvalue weighted by atomic mass is 16.6. The highest BCUT2D eigenvalue weighted by Crippen LogP contribution is 2.20. The van der Waals surface area contributed by atoms with Crippen molar-refractivity contribution in [2.75, 3.05) is 6.54 Å². The first-order valence-electron chi connectivity index (χ1n) is 7.13. The summed E-state index contributed by atoms with van der Waals surface area (Å²) in [5.74, 6) is 0. The average Bonchev–Trinajstić information content (AvgIpc) is 2.54. The Bertz CT molecular complexity index is 723. The molecule has 1 heterocycles. The second-order valence-electron chi connectivity index (χ2n) is 4.76. The van der Waals surface area contributed by atoms with Crippen molar-refractivity contribution in [1.82, 2.24) is 15.1 Å². The molecule has 2 aromatic rings. The molecule has 116 valence electrons. The van der Waals surface area contributed by atoms with Crippen molar-refractivity contribution in [3.63, 3.8) is 0 Å². The number of nitrogens with one attached hydrogen (secondary N) is 1. The fraction of sp³-hybridized carbons (Fsp3) is 0.333. The van der Waals surface area contributed by atoms with Crippen LogP contribution in [-0.4, -0.2) is 21.2 Å². The molecule has 1 N–H and O–H groups in total.